The number of rotatable bonds is 8. The minimum absolute atomic E-state index is 0.386. The Bertz CT molecular complexity index is 382. The molecule has 0 radical (unpaired) electrons. The normalized spacial score (nSPS) is 13.8. The first-order valence-electron chi connectivity index (χ1n) is 7.53. The third-order valence-corrected chi connectivity index (χ3v) is 4.93. The van der Waals surface area contributed by atoms with Gasteiger partial charge in [0.15, 0.2) is 0 Å². The van der Waals surface area contributed by atoms with Gasteiger partial charge in [0.2, 0.25) is 0 Å². The molecule has 1 unspecified atom stereocenters. The zero-order valence-corrected chi connectivity index (χ0v) is 14.3. The van der Waals surface area contributed by atoms with Crippen LogP contribution in [-0.2, 0) is 0 Å². The second-order valence-electron chi connectivity index (χ2n) is 6.41. The largest absolute Gasteiger partial charge is 0.309 e. The van der Waals surface area contributed by atoms with E-state index < -0.39 is 0 Å². The van der Waals surface area contributed by atoms with Gasteiger partial charge in [0.25, 0.3) is 0 Å². The summed E-state index contributed by atoms with van der Waals surface area (Å²) in [4.78, 5) is 5.91. The molecule has 3 heteroatoms. The molecule has 1 heterocycles. The van der Waals surface area contributed by atoms with Crippen LogP contribution in [0.3, 0.4) is 0 Å². The van der Waals surface area contributed by atoms with Crippen molar-refractivity contribution in [3.05, 3.63) is 15.6 Å². The number of hydrogen-bond acceptors (Lipinski definition) is 3. The number of nitrogens with one attached hydrogen (secondary N) is 1. The minimum atomic E-state index is 0.386. The van der Waals surface area contributed by atoms with Gasteiger partial charge in [-0.15, -0.1) is 11.3 Å². The quantitative estimate of drug-likeness (QED) is 0.677. The first-order valence-corrected chi connectivity index (χ1v) is 8.34. The number of aromatic nitrogens is 1. The maximum atomic E-state index is 4.52. The van der Waals surface area contributed by atoms with Crippen LogP contribution < -0.4 is 5.32 Å². The molecule has 0 saturated carbocycles. The third-order valence-electron chi connectivity index (χ3n) is 3.68. The molecule has 1 atom stereocenters. The minimum Gasteiger partial charge on any atom is -0.309 e. The molecule has 0 bridgehead atoms. The fraction of sp³-hybridized carbons (Fsp3) is 0.812. The molecular weight excluding hydrogens is 252 g/mol. The Labute approximate surface area is 123 Å². The van der Waals surface area contributed by atoms with E-state index in [1.54, 1.807) is 0 Å². The van der Waals surface area contributed by atoms with E-state index in [2.05, 4.69) is 51.8 Å². The van der Waals surface area contributed by atoms with Gasteiger partial charge in [0.05, 0.1) is 10.7 Å². The molecule has 1 rings (SSSR count). The van der Waals surface area contributed by atoms with Gasteiger partial charge in [0.1, 0.15) is 0 Å². The van der Waals surface area contributed by atoms with E-state index in [9.17, 15) is 0 Å². The zero-order valence-electron chi connectivity index (χ0n) is 13.5. The summed E-state index contributed by atoms with van der Waals surface area (Å²) in [7, 11) is 0. The first-order chi connectivity index (χ1) is 8.85. The standard InChI is InChI=1S/C16H30N2S/c1-7-8-9-10-16(5,6)11-17-12(2)15-13(3)18-14(4)19-15/h12,17H,7-11H2,1-6H3. The lowest BCUT2D eigenvalue weighted by Gasteiger charge is -2.27. The number of unbranched alkanes of at least 4 members (excludes halogenated alkanes) is 2. The lowest BCUT2D eigenvalue weighted by molar-refractivity contribution is 0.291. The summed E-state index contributed by atoms with van der Waals surface area (Å²) in [5, 5.41) is 4.86. The van der Waals surface area contributed by atoms with Crippen LogP contribution in [0.25, 0.3) is 0 Å². The zero-order chi connectivity index (χ0) is 14.5. The van der Waals surface area contributed by atoms with E-state index in [-0.39, 0.29) is 0 Å². The molecule has 1 N–H and O–H groups in total. The highest BCUT2D eigenvalue weighted by Crippen LogP contribution is 2.27. The van der Waals surface area contributed by atoms with Crippen LogP contribution in [0, 0.1) is 19.3 Å². The Morgan fingerprint density at radius 2 is 1.95 bits per heavy atom. The van der Waals surface area contributed by atoms with E-state index in [0.717, 1.165) is 6.54 Å². The lowest BCUT2D eigenvalue weighted by atomic mass is 9.86. The van der Waals surface area contributed by atoms with Crippen LogP contribution in [0.4, 0.5) is 0 Å². The average molecular weight is 282 g/mol. The Hall–Kier alpha value is -0.410. The predicted octanol–water partition coefficient (Wildman–Crippen LogP) is 5.02. The molecule has 0 spiro atoms. The van der Waals surface area contributed by atoms with Gasteiger partial charge < -0.3 is 5.32 Å². The molecule has 0 saturated heterocycles. The lowest BCUT2D eigenvalue weighted by Crippen LogP contribution is -2.31. The highest BCUT2D eigenvalue weighted by atomic mass is 32.1. The van der Waals surface area contributed by atoms with Gasteiger partial charge in [-0.2, -0.15) is 0 Å². The summed E-state index contributed by atoms with van der Waals surface area (Å²) >= 11 is 1.82. The van der Waals surface area contributed by atoms with Crippen LogP contribution in [-0.4, -0.2) is 11.5 Å². The van der Waals surface area contributed by atoms with Crippen molar-refractivity contribution in [1.82, 2.24) is 10.3 Å². The van der Waals surface area contributed by atoms with Crippen molar-refractivity contribution in [1.29, 1.82) is 0 Å². The summed E-state index contributed by atoms with van der Waals surface area (Å²) in [5.41, 5.74) is 1.57. The van der Waals surface area contributed by atoms with Gasteiger partial charge in [-0.25, -0.2) is 4.98 Å². The second kappa shape index (κ2) is 7.39. The summed E-state index contributed by atoms with van der Waals surface area (Å²) in [6.07, 6.45) is 5.31. The summed E-state index contributed by atoms with van der Waals surface area (Å²) in [6, 6.07) is 0.414. The van der Waals surface area contributed by atoms with Crippen molar-refractivity contribution in [3.63, 3.8) is 0 Å². The molecule has 0 amide bonds. The van der Waals surface area contributed by atoms with Crippen molar-refractivity contribution in [2.75, 3.05) is 6.54 Å². The Morgan fingerprint density at radius 1 is 1.26 bits per heavy atom. The summed E-state index contributed by atoms with van der Waals surface area (Å²) in [5.74, 6) is 0. The fourth-order valence-electron chi connectivity index (χ4n) is 2.41. The van der Waals surface area contributed by atoms with E-state index in [1.165, 1.54) is 41.3 Å². The summed E-state index contributed by atoms with van der Waals surface area (Å²) in [6.45, 7) is 14.5. The van der Waals surface area contributed by atoms with E-state index in [4.69, 9.17) is 0 Å². The van der Waals surface area contributed by atoms with Crippen LogP contribution in [0.5, 0.6) is 0 Å². The van der Waals surface area contributed by atoms with Crippen LogP contribution in [0.2, 0.25) is 0 Å². The van der Waals surface area contributed by atoms with Gasteiger partial charge in [-0.05, 0) is 32.6 Å². The monoisotopic (exact) mass is 282 g/mol. The van der Waals surface area contributed by atoms with Crippen LogP contribution in [0.1, 0.15) is 75.0 Å². The Balaban J connectivity index is 2.44. The molecule has 110 valence electrons. The third kappa shape index (κ3) is 5.62. The summed E-state index contributed by atoms with van der Waals surface area (Å²) < 4.78 is 0. The van der Waals surface area contributed by atoms with Gasteiger partial charge in [-0.3, -0.25) is 0 Å². The van der Waals surface area contributed by atoms with E-state index >= 15 is 0 Å². The van der Waals surface area contributed by atoms with Crippen molar-refractivity contribution in [2.45, 2.75) is 73.3 Å². The molecule has 19 heavy (non-hydrogen) atoms. The second-order valence-corrected chi connectivity index (χ2v) is 7.64. The maximum Gasteiger partial charge on any atom is 0.0900 e. The number of nitrogens with zero attached hydrogens (tertiary/aromatic N) is 1. The Kier molecular flexibility index (Phi) is 6.48. The molecule has 0 fully saturated rings. The SMILES string of the molecule is CCCCCC(C)(C)CNC(C)c1sc(C)nc1C. The Morgan fingerprint density at radius 3 is 2.47 bits per heavy atom. The molecule has 0 aliphatic rings. The fourth-order valence-corrected chi connectivity index (χ4v) is 3.37. The van der Waals surface area contributed by atoms with Crippen molar-refractivity contribution >= 4 is 11.3 Å². The molecule has 1 aromatic rings. The molecule has 0 aromatic carbocycles. The van der Waals surface area contributed by atoms with Crippen molar-refractivity contribution in [2.24, 2.45) is 5.41 Å². The predicted molar refractivity (Wildman–Crippen MR) is 85.9 cm³/mol. The van der Waals surface area contributed by atoms with Crippen molar-refractivity contribution < 1.29 is 0 Å². The first kappa shape index (κ1) is 16.6. The van der Waals surface area contributed by atoms with Crippen LogP contribution in [0.15, 0.2) is 0 Å². The molecular formula is C16H30N2S. The number of aryl methyl sites for hydroxylation is 2. The van der Waals surface area contributed by atoms with E-state index in [0.29, 0.717) is 11.5 Å². The molecule has 2 nitrogen and oxygen atoms in total. The van der Waals surface area contributed by atoms with Gasteiger partial charge in [-0.1, -0.05) is 40.0 Å². The topological polar surface area (TPSA) is 24.9 Å². The van der Waals surface area contributed by atoms with Crippen molar-refractivity contribution in [3.8, 4) is 0 Å². The van der Waals surface area contributed by atoms with Gasteiger partial charge in [0, 0.05) is 17.5 Å². The highest BCUT2D eigenvalue weighted by molar-refractivity contribution is 7.11. The number of thiazole rings is 1. The molecule has 0 aliphatic carbocycles. The average Bonchev–Trinajstić information content (AvgIpc) is 2.66. The van der Waals surface area contributed by atoms with E-state index in [1.807, 2.05) is 11.3 Å². The van der Waals surface area contributed by atoms with Crippen LogP contribution >= 0.6 is 11.3 Å². The maximum absolute atomic E-state index is 4.52. The number of hydrogen-bond donors (Lipinski definition) is 1. The smallest absolute Gasteiger partial charge is 0.0900 e. The van der Waals surface area contributed by atoms with Gasteiger partial charge >= 0.3 is 0 Å². The molecule has 1 aromatic heterocycles. The highest BCUT2D eigenvalue weighted by Gasteiger charge is 2.20. The molecule has 0 aliphatic heterocycles.